The zero-order valence-electron chi connectivity index (χ0n) is 11.8. The second-order valence-corrected chi connectivity index (χ2v) is 6.91. The Hall–Kier alpha value is -1.33. The number of halogens is 2. The molecule has 2 rings (SSSR count). The molecule has 2 nitrogen and oxygen atoms in total. The zero-order valence-corrected chi connectivity index (χ0v) is 12.7. The minimum atomic E-state index is -0.566. The summed E-state index contributed by atoms with van der Waals surface area (Å²) >= 11 is 1.50. The van der Waals surface area contributed by atoms with Crippen LogP contribution in [0.3, 0.4) is 0 Å². The summed E-state index contributed by atoms with van der Waals surface area (Å²) in [6, 6.07) is 3.63. The summed E-state index contributed by atoms with van der Waals surface area (Å²) in [6.45, 7) is 6.65. The molecule has 5 heteroatoms. The van der Waals surface area contributed by atoms with Crippen molar-refractivity contribution in [3.8, 4) is 0 Å². The van der Waals surface area contributed by atoms with Crippen LogP contribution in [-0.2, 0) is 18.4 Å². The van der Waals surface area contributed by atoms with Gasteiger partial charge in [-0.15, -0.1) is 11.3 Å². The third-order valence-corrected chi connectivity index (χ3v) is 4.07. The summed E-state index contributed by atoms with van der Waals surface area (Å²) in [5.41, 5.74) is 7.07. The van der Waals surface area contributed by atoms with Gasteiger partial charge in [0.15, 0.2) is 0 Å². The molecule has 1 heterocycles. The molecule has 0 spiro atoms. The van der Waals surface area contributed by atoms with E-state index < -0.39 is 11.6 Å². The van der Waals surface area contributed by atoms with Crippen molar-refractivity contribution in [3.05, 3.63) is 51.0 Å². The van der Waals surface area contributed by atoms with Gasteiger partial charge in [0.1, 0.15) is 11.6 Å². The van der Waals surface area contributed by atoms with E-state index in [1.807, 2.05) is 0 Å². The van der Waals surface area contributed by atoms with E-state index in [4.69, 9.17) is 5.73 Å². The monoisotopic (exact) mass is 296 g/mol. The SMILES string of the molecule is CC(C)(C)c1nc(Cc2ccc(F)cc2F)sc1CN. The standard InChI is InChI=1S/C15H18F2N2S/c1-15(2,3)14-12(8-18)20-13(19-14)6-9-4-5-10(16)7-11(9)17/h4-5,7H,6,8,18H2,1-3H3. The van der Waals surface area contributed by atoms with Crippen LogP contribution in [0.15, 0.2) is 18.2 Å². The van der Waals surface area contributed by atoms with Crippen molar-refractivity contribution in [2.24, 2.45) is 5.73 Å². The highest BCUT2D eigenvalue weighted by Crippen LogP contribution is 2.30. The van der Waals surface area contributed by atoms with Gasteiger partial charge in [0, 0.05) is 29.3 Å². The third kappa shape index (κ3) is 3.22. The first kappa shape index (κ1) is 15.1. The summed E-state index contributed by atoms with van der Waals surface area (Å²) in [5, 5.41) is 0.806. The lowest BCUT2D eigenvalue weighted by atomic mass is 9.91. The van der Waals surface area contributed by atoms with E-state index in [9.17, 15) is 8.78 Å². The summed E-state index contributed by atoms with van der Waals surface area (Å²) in [4.78, 5) is 5.61. The molecule has 0 bridgehead atoms. The largest absolute Gasteiger partial charge is 0.326 e. The van der Waals surface area contributed by atoms with Gasteiger partial charge in [-0.1, -0.05) is 26.8 Å². The van der Waals surface area contributed by atoms with Crippen molar-refractivity contribution in [2.45, 2.75) is 39.2 Å². The fraction of sp³-hybridized carbons (Fsp3) is 0.400. The van der Waals surface area contributed by atoms with Gasteiger partial charge in [-0.05, 0) is 11.6 Å². The van der Waals surface area contributed by atoms with E-state index >= 15 is 0 Å². The van der Waals surface area contributed by atoms with Gasteiger partial charge < -0.3 is 5.73 Å². The number of aromatic nitrogens is 1. The van der Waals surface area contributed by atoms with E-state index in [2.05, 4.69) is 25.8 Å². The molecule has 1 aromatic heterocycles. The molecule has 2 aromatic rings. The summed E-state index contributed by atoms with van der Waals surface area (Å²) in [7, 11) is 0. The first-order valence-electron chi connectivity index (χ1n) is 6.44. The van der Waals surface area contributed by atoms with Gasteiger partial charge in [0.25, 0.3) is 0 Å². The normalized spacial score (nSPS) is 11.9. The molecule has 0 unspecified atom stereocenters. The van der Waals surface area contributed by atoms with Crippen LogP contribution in [0.5, 0.6) is 0 Å². The molecule has 0 aliphatic heterocycles. The lowest BCUT2D eigenvalue weighted by Gasteiger charge is -2.16. The number of thiazole rings is 1. The van der Waals surface area contributed by atoms with Gasteiger partial charge in [0.2, 0.25) is 0 Å². The maximum absolute atomic E-state index is 13.7. The summed E-state index contributed by atoms with van der Waals surface area (Å²) in [6.07, 6.45) is 0.361. The fourth-order valence-electron chi connectivity index (χ4n) is 2.03. The van der Waals surface area contributed by atoms with Gasteiger partial charge in [0.05, 0.1) is 10.7 Å². The maximum atomic E-state index is 13.7. The van der Waals surface area contributed by atoms with Crippen LogP contribution < -0.4 is 5.73 Å². The Morgan fingerprint density at radius 3 is 2.45 bits per heavy atom. The predicted octanol–water partition coefficient (Wildman–Crippen LogP) is 3.77. The highest BCUT2D eigenvalue weighted by atomic mass is 32.1. The fourth-order valence-corrected chi connectivity index (χ4v) is 3.21. The van der Waals surface area contributed by atoms with E-state index in [-0.39, 0.29) is 5.41 Å². The van der Waals surface area contributed by atoms with Crippen molar-refractivity contribution in [3.63, 3.8) is 0 Å². The third-order valence-electron chi connectivity index (χ3n) is 2.99. The molecular weight excluding hydrogens is 278 g/mol. The molecule has 0 radical (unpaired) electrons. The molecule has 2 N–H and O–H groups in total. The van der Waals surface area contributed by atoms with Crippen LogP contribution in [0.25, 0.3) is 0 Å². The van der Waals surface area contributed by atoms with E-state index in [0.29, 0.717) is 18.5 Å². The number of nitrogens with zero attached hydrogens (tertiary/aromatic N) is 1. The van der Waals surface area contributed by atoms with Crippen LogP contribution in [0.1, 0.15) is 41.9 Å². The average molecular weight is 296 g/mol. The molecule has 0 saturated carbocycles. The predicted molar refractivity (Wildman–Crippen MR) is 77.9 cm³/mol. The van der Waals surface area contributed by atoms with Crippen molar-refractivity contribution in [2.75, 3.05) is 0 Å². The highest BCUT2D eigenvalue weighted by Gasteiger charge is 2.22. The van der Waals surface area contributed by atoms with Crippen LogP contribution in [0.2, 0.25) is 0 Å². The number of nitrogens with two attached hydrogens (primary N) is 1. The molecular formula is C15H18F2N2S. The van der Waals surface area contributed by atoms with Crippen LogP contribution >= 0.6 is 11.3 Å². The Morgan fingerprint density at radius 1 is 1.25 bits per heavy atom. The molecule has 0 fully saturated rings. The molecule has 0 atom stereocenters. The van der Waals surface area contributed by atoms with Crippen molar-refractivity contribution < 1.29 is 8.78 Å². The second kappa shape index (κ2) is 5.58. The number of rotatable bonds is 3. The maximum Gasteiger partial charge on any atom is 0.129 e. The Balaban J connectivity index is 2.32. The Labute approximate surface area is 121 Å². The van der Waals surface area contributed by atoms with Gasteiger partial charge >= 0.3 is 0 Å². The van der Waals surface area contributed by atoms with Crippen LogP contribution in [-0.4, -0.2) is 4.98 Å². The summed E-state index contributed by atoms with van der Waals surface area (Å²) in [5.74, 6) is -1.10. The average Bonchev–Trinajstić information content (AvgIpc) is 2.76. The quantitative estimate of drug-likeness (QED) is 0.936. The van der Waals surface area contributed by atoms with Crippen LogP contribution in [0.4, 0.5) is 8.78 Å². The Morgan fingerprint density at radius 2 is 1.95 bits per heavy atom. The Kier molecular flexibility index (Phi) is 4.20. The first-order valence-corrected chi connectivity index (χ1v) is 7.26. The van der Waals surface area contributed by atoms with Gasteiger partial charge in [-0.3, -0.25) is 0 Å². The van der Waals surface area contributed by atoms with Crippen molar-refractivity contribution >= 4 is 11.3 Å². The topological polar surface area (TPSA) is 38.9 Å². The first-order chi connectivity index (χ1) is 9.31. The van der Waals surface area contributed by atoms with Crippen molar-refractivity contribution in [1.29, 1.82) is 0 Å². The molecule has 20 heavy (non-hydrogen) atoms. The summed E-state index contributed by atoms with van der Waals surface area (Å²) < 4.78 is 26.6. The highest BCUT2D eigenvalue weighted by molar-refractivity contribution is 7.11. The van der Waals surface area contributed by atoms with Gasteiger partial charge in [-0.25, -0.2) is 13.8 Å². The van der Waals surface area contributed by atoms with E-state index in [1.165, 1.54) is 23.5 Å². The molecule has 108 valence electrons. The smallest absolute Gasteiger partial charge is 0.129 e. The lowest BCUT2D eigenvalue weighted by molar-refractivity contribution is 0.563. The lowest BCUT2D eigenvalue weighted by Crippen LogP contribution is -2.15. The number of hydrogen-bond acceptors (Lipinski definition) is 3. The number of benzene rings is 1. The Bertz CT molecular complexity index is 615. The molecule has 0 aliphatic rings. The zero-order chi connectivity index (χ0) is 14.9. The molecule has 0 amide bonds. The van der Waals surface area contributed by atoms with Gasteiger partial charge in [-0.2, -0.15) is 0 Å². The second-order valence-electron chi connectivity index (χ2n) is 5.75. The van der Waals surface area contributed by atoms with Crippen molar-refractivity contribution in [1.82, 2.24) is 4.98 Å². The molecule has 1 aromatic carbocycles. The number of hydrogen-bond donors (Lipinski definition) is 1. The molecule has 0 aliphatic carbocycles. The van der Waals surface area contributed by atoms with E-state index in [0.717, 1.165) is 21.6 Å². The van der Waals surface area contributed by atoms with Crippen LogP contribution in [0, 0.1) is 11.6 Å². The minimum Gasteiger partial charge on any atom is -0.326 e. The molecule has 0 saturated heterocycles. The van der Waals surface area contributed by atoms with E-state index in [1.54, 1.807) is 0 Å². The minimum absolute atomic E-state index is 0.0925.